The molecular formula is C9H9N3O3S. The Bertz CT molecular complexity index is 567. The molecule has 2 aromatic rings. The van der Waals surface area contributed by atoms with Gasteiger partial charge in [-0.05, 0) is 6.92 Å². The highest BCUT2D eigenvalue weighted by Crippen LogP contribution is 2.12. The van der Waals surface area contributed by atoms with E-state index in [4.69, 9.17) is 4.52 Å². The Morgan fingerprint density at radius 2 is 2.38 bits per heavy atom. The zero-order valence-electron chi connectivity index (χ0n) is 8.68. The zero-order valence-corrected chi connectivity index (χ0v) is 9.50. The Balaban J connectivity index is 2.31. The number of aromatic nitrogens is 2. The third-order valence-electron chi connectivity index (χ3n) is 2.14. The van der Waals surface area contributed by atoms with Gasteiger partial charge in [0, 0.05) is 18.6 Å². The first-order chi connectivity index (χ1) is 7.59. The van der Waals surface area contributed by atoms with Crippen molar-refractivity contribution in [2.45, 2.75) is 6.92 Å². The van der Waals surface area contributed by atoms with Gasteiger partial charge >= 0.3 is 5.63 Å². The molecule has 1 amide bonds. The Morgan fingerprint density at radius 3 is 2.88 bits per heavy atom. The van der Waals surface area contributed by atoms with E-state index >= 15 is 0 Å². The third kappa shape index (κ3) is 1.76. The highest BCUT2D eigenvalue weighted by atomic mass is 32.1. The first kappa shape index (κ1) is 10.6. The average molecular weight is 239 g/mol. The van der Waals surface area contributed by atoms with Crippen LogP contribution in [0.4, 0.5) is 5.13 Å². The minimum absolute atomic E-state index is 0.0118. The minimum atomic E-state index is -0.644. The van der Waals surface area contributed by atoms with Crippen LogP contribution in [0.5, 0.6) is 0 Å². The van der Waals surface area contributed by atoms with Crippen LogP contribution in [0.3, 0.4) is 0 Å². The van der Waals surface area contributed by atoms with Gasteiger partial charge < -0.3 is 4.52 Å². The molecule has 0 fully saturated rings. The molecule has 0 unspecified atom stereocenters. The molecule has 84 valence electrons. The molecular weight excluding hydrogens is 230 g/mol. The van der Waals surface area contributed by atoms with Crippen molar-refractivity contribution in [3.63, 3.8) is 0 Å². The van der Waals surface area contributed by atoms with Crippen LogP contribution < -0.4 is 10.9 Å². The average Bonchev–Trinajstić information content (AvgIpc) is 2.77. The summed E-state index contributed by atoms with van der Waals surface area (Å²) in [5.41, 5.74) is -0.147. The number of carbonyl (C=O) groups is 1. The second-order valence-electron chi connectivity index (χ2n) is 3.13. The van der Waals surface area contributed by atoms with Crippen molar-refractivity contribution in [3.8, 4) is 0 Å². The summed E-state index contributed by atoms with van der Waals surface area (Å²) >= 11 is 1.28. The molecule has 0 aliphatic rings. The van der Waals surface area contributed by atoms with Gasteiger partial charge in [-0.2, -0.15) is 0 Å². The van der Waals surface area contributed by atoms with Crippen molar-refractivity contribution >= 4 is 22.4 Å². The number of hydrogen-bond acceptors (Lipinski definition) is 5. The van der Waals surface area contributed by atoms with Crippen molar-refractivity contribution in [1.82, 2.24) is 9.72 Å². The van der Waals surface area contributed by atoms with Crippen molar-refractivity contribution < 1.29 is 9.32 Å². The van der Waals surface area contributed by atoms with Crippen LogP contribution in [0.1, 0.15) is 16.1 Å². The fourth-order valence-corrected chi connectivity index (χ4v) is 1.77. The topological polar surface area (TPSA) is 77.1 Å². The molecule has 0 saturated carbocycles. The predicted octanol–water partition coefficient (Wildman–Crippen LogP) is 0.996. The summed E-state index contributed by atoms with van der Waals surface area (Å²) in [6.45, 7) is 1.64. The van der Waals surface area contributed by atoms with E-state index in [1.165, 1.54) is 16.1 Å². The standard InChI is InChI=1S/C9H9N3O3S/c1-5-6(8(14)15-12(5)2)7(13)11-9-10-3-4-16-9/h3-4H,1-2H3,(H,10,11,13). The third-order valence-corrected chi connectivity index (χ3v) is 2.83. The summed E-state index contributed by atoms with van der Waals surface area (Å²) in [5.74, 6) is -0.498. The fourth-order valence-electron chi connectivity index (χ4n) is 1.25. The molecule has 0 aliphatic heterocycles. The summed E-state index contributed by atoms with van der Waals surface area (Å²) < 4.78 is 6.03. The summed E-state index contributed by atoms with van der Waals surface area (Å²) in [7, 11) is 1.57. The molecule has 0 saturated heterocycles. The van der Waals surface area contributed by atoms with E-state index in [0.29, 0.717) is 10.8 Å². The minimum Gasteiger partial charge on any atom is -0.336 e. The first-order valence-corrected chi connectivity index (χ1v) is 5.35. The highest BCUT2D eigenvalue weighted by Gasteiger charge is 2.20. The second-order valence-corrected chi connectivity index (χ2v) is 4.02. The largest absolute Gasteiger partial charge is 0.370 e. The maximum absolute atomic E-state index is 11.7. The van der Waals surface area contributed by atoms with Gasteiger partial charge in [-0.15, -0.1) is 11.3 Å². The lowest BCUT2D eigenvalue weighted by molar-refractivity contribution is 0.102. The number of thiazole rings is 1. The molecule has 7 heteroatoms. The van der Waals surface area contributed by atoms with Crippen molar-refractivity contribution in [2.75, 3.05) is 5.32 Å². The van der Waals surface area contributed by atoms with E-state index in [9.17, 15) is 9.59 Å². The number of rotatable bonds is 2. The van der Waals surface area contributed by atoms with Crippen LogP contribution in [-0.4, -0.2) is 15.6 Å². The summed E-state index contributed by atoms with van der Waals surface area (Å²) in [6.07, 6.45) is 1.57. The van der Waals surface area contributed by atoms with Gasteiger partial charge in [0.25, 0.3) is 5.91 Å². The van der Waals surface area contributed by atoms with Gasteiger partial charge in [-0.1, -0.05) is 0 Å². The van der Waals surface area contributed by atoms with E-state index in [1.54, 1.807) is 25.5 Å². The summed E-state index contributed by atoms with van der Waals surface area (Å²) in [5, 5.41) is 4.71. The number of carbonyl (C=O) groups excluding carboxylic acids is 1. The Hall–Kier alpha value is -1.89. The SMILES string of the molecule is Cc1c(C(=O)Nc2nccs2)c(=O)on1C. The smallest absolute Gasteiger partial charge is 0.336 e. The van der Waals surface area contributed by atoms with Gasteiger partial charge in [0.05, 0.1) is 5.69 Å². The summed E-state index contributed by atoms with van der Waals surface area (Å²) in [4.78, 5) is 27.0. The van der Waals surface area contributed by atoms with Gasteiger partial charge in [0.1, 0.15) is 5.56 Å². The van der Waals surface area contributed by atoms with Crippen LogP contribution in [0, 0.1) is 6.92 Å². The number of hydrogen-bond donors (Lipinski definition) is 1. The van der Waals surface area contributed by atoms with Crippen molar-refractivity contribution in [1.29, 1.82) is 0 Å². The Kier molecular flexibility index (Phi) is 2.61. The summed E-state index contributed by atoms with van der Waals surface area (Å²) in [6, 6.07) is 0. The van der Waals surface area contributed by atoms with Crippen LogP contribution in [-0.2, 0) is 7.05 Å². The maximum Gasteiger partial charge on any atom is 0.370 e. The molecule has 0 bridgehead atoms. The normalized spacial score (nSPS) is 10.4. The maximum atomic E-state index is 11.7. The van der Waals surface area contributed by atoms with Crippen molar-refractivity contribution in [3.05, 3.63) is 33.3 Å². The van der Waals surface area contributed by atoms with Gasteiger partial charge in [0.2, 0.25) is 0 Å². The molecule has 0 aromatic carbocycles. The molecule has 2 aromatic heterocycles. The zero-order chi connectivity index (χ0) is 11.7. The number of nitrogens with one attached hydrogen (secondary N) is 1. The molecule has 0 spiro atoms. The molecule has 0 atom stereocenters. The van der Waals surface area contributed by atoms with E-state index in [0.717, 1.165) is 0 Å². The van der Waals surface area contributed by atoms with Gasteiger partial charge in [-0.25, -0.2) is 14.5 Å². The number of anilines is 1. The molecule has 0 aliphatic carbocycles. The van der Waals surface area contributed by atoms with Crippen LogP contribution in [0.2, 0.25) is 0 Å². The van der Waals surface area contributed by atoms with E-state index in [1.807, 2.05) is 0 Å². The molecule has 1 N–H and O–H groups in total. The van der Waals surface area contributed by atoms with Crippen LogP contribution in [0.25, 0.3) is 0 Å². The Labute approximate surface area is 94.5 Å². The molecule has 6 nitrogen and oxygen atoms in total. The second kappa shape index (κ2) is 3.93. The van der Waals surface area contributed by atoms with E-state index < -0.39 is 11.5 Å². The molecule has 2 rings (SSSR count). The lowest BCUT2D eigenvalue weighted by Gasteiger charge is -1.98. The Morgan fingerprint density at radius 1 is 1.62 bits per heavy atom. The van der Waals surface area contributed by atoms with E-state index in [2.05, 4.69) is 10.3 Å². The monoisotopic (exact) mass is 239 g/mol. The highest BCUT2D eigenvalue weighted by molar-refractivity contribution is 7.13. The number of aryl methyl sites for hydroxylation is 1. The lowest BCUT2D eigenvalue weighted by atomic mass is 10.2. The fraction of sp³-hybridized carbons (Fsp3) is 0.222. The molecule has 16 heavy (non-hydrogen) atoms. The van der Waals surface area contributed by atoms with Crippen LogP contribution in [0.15, 0.2) is 20.9 Å². The molecule has 0 radical (unpaired) electrons. The van der Waals surface area contributed by atoms with Gasteiger partial charge in [0.15, 0.2) is 5.13 Å². The van der Waals surface area contributed by atoms with Crippen LogP contribution >= 0.6 is 11.3 Å². The lowest BCUT2D eigenvalue weighted by Crippen LogP contribution is -2.19. The first-order valence-electron chi connectivity index (χ1n) is 4.47. The van der Waals surface area contributed by atoms with Gasteiger partial charge in [-0.3, -0.25) is 10.1 Å². The quantitative estimate of drug-likeness (QED) is 0.848. The van der Waals surface area contributed by atoms with Crippen molar-refractivity contribution in [2.24, 2.45) is 7.05 Å². The predicted molar refractivity (Wildman–Crippen MR) is 58.8 cm³/mol. The molecule has 2 heterocycles. The number of nitrogens with zero attached hydrogens (tertiary/aromatic N) is 2. The van der Waals surface area contributed by atoms with E-state index in [-0.39, 0.29) is 5.56 Å². The number of amides is 1.